The molecule has 0 bridgehead atoms. The van der Waals surface area contributed by atoms with Crippen molar-refractivity contribution in [1.29, 1.82) is 0 Å². The molecule has 1 aliphatic rings. The molecule has 9 heteroatoms. The van der Waals surface area contributed by atoms with Crippen LogP contribution in [0.1, 0.15) is 25.5 Å². The lowest BCUT2D eigenvalue weighted by atomic mass is 9.95. The largest absolute Gasteiger partial charge is 0.465 e. The fraction of sp³-hybridized carbons (Fsp3) is 0.278. The van der Waals surface area contributed by atoms with Crippen LogP contribution in [0.5, 0.6) is 0 Å². The van der Waals surface area contributed by atoms with E-state index in [9.17, 15) is 9.70 Å². The Labute approximate surface area is 153 Å². The van der Waals surface area contributed by atoms with Gasteiger partial charge in [0.15, 0.2) is 11.5 Å². The highest BCUT2D eigenvalue weighted by Gasteiger charge is 2.54. The summed E-state index contributed by atoms with van der Waals surface area (Å²) in [6.45, 7) is 2.08. The Bertz CT molecular complexity index is 1050. The Morgan fingerprint density at radius 3 is 2.67 bits per heavy atom. The molecule has 1 aromatic carbocycles. The van der Waals surface area contributed by atoms with E-state index in [1.165, 1.54) is 12.1 Å². The van der Waals surface area contributed by atoms with E-state index in [0.717, 1.165) is 11.1 Å². The number of anilines is 1. The first kappa shape index (κ1) is 17.0. The van der Waals surface area contributed by atoms with Gasteiger partial charge in [0.25, 0.3) is 4.92 Å². The number of rotatable bonds is 5. The van der Waals surface area contributed by atoms with Crippen molar-refractivity contribution in [3.8, 4) is 11.1 Å². The van der Waals surface area contributed by atoms with Crippen LogP contribution >= 0.6 is 0 Å². The monoisotopic (exact) mass is 368 g/mol. The minimum Gasteiger partial charge on any atom is -0.465 e. The number of nitrogens with one attached hydrogen (secondary N) is 1. The summed E-state index contributed by atoms with van der Waals surface area (Å²) >= 11 is 0. The van der Waals surface area contributed by atoms with Crippen LogP contribution in [-0.4, -0.2) is 37.9 Å². The maximum atomic E-state index is 12.5. The molecular formula is C18H18N5O4+. The third-order valence-corrected chi connectivity index (χ3v) is 4.86. The molecule has 4 N–H and O–H groups in total. The summed E-state index contributed by atoms with van der Waals surface area (Å²) in [5.41, 5.74) is 7.93. The van der Waals surface area contributed by atoms with Gasteiger partial charge < -0.3 is 10.5 Å². The van der Waals surface area contributed by atoms with Gasteiger partial charge in [-0.2, -0.15) is 5.10 Å². The van der Waals surface area contributed by atoms with Crippen molar-refractivity contribution in [2.24, 2.45) is 0 Å². The molecule has 3 aromatic rings. The Morgan fingerprint density at radius 2 is 2.07 bits per heavy atom. The minimum atomic E-state index is -0.740. The molecule has 4 rings (SSSR count). The lowest BCUT2D eigenvalue weighted by Crippen LogP contribution is -2.24. The van der Waals surface area contributed by atoms with Crippen LogP contribution in [0.25, 0.3) is 22.2 Å². The van der Waals surface area contributed by atoms with Crippen LogP contribution in [0, 0.1) is 4.91 Å². The van der Waals surface area contributed by atoms with Gasteiger partial charge in [0.2, 0.25) is 0 Å². The average Bonchev–Trinajstić information content (AvgIpc) is 3.40. The van der Waals surface area contributed by atoms with Crippen LogP contribution in [0.3, 0.4) is 0 Å². The van der Waals surface area contributed by atoms with E-state index < -0.39 is 5.41 Å². The molecule has 0 aliphatic heterocycles. The summed E-state index contributed by atoms with van der Waals surface area (Å²) in [4.78, 5) is 27.8. The Hall–Kier alpha value is -3.49. The molecule has 0 atom stereocenters. The number of fused-ring (bicyclic) bond motifs is 1. The summed E-state index contributed by atoms with van der Waals surface area (Å²) in [6.07, 6.45) is 1.34. The van der Waals surface area contributed by atoms with Gasteiger partial charge in [-0.05, 0) is 49.1 Å². The molecule has 0 unspecified atom stereocenters. The second-order valence-electron chi connectivity index (χ2n) is 6.51. The van der Waals surface area contributed by atoms with Gasteiger partial charge >= 0.3 is 11.7 Å². The van der Waals surface area contributed by atoms with E-state index in [1.807, 2.05) is 6.07 Å². The lowest BCUT2D eigenvalue weighted by molar-refractivity contribution is -0.729. The van der Waals surface area contributed by atoms with Crippen LogP contribution in [-0.2, 0) is 14.9 Å². The van der Waals surface area contributed by atoms with Crippen molar-refractivity contribution >= 4 is 28.5 Å². The highest BCUT2D eigenvalue weighted by molar-refractivity contribution is 6.01. The van der Waals surface area contributed by atoms with Gasteiger partial charge in [0.1, 0.15) is 5.41 Å². The van der Waals surface area contributed by atoms with Gasteiger partial charge in [-0.25, -0.2) is 10.2 Å². The number of nitrogens with two attached hydrogens (primary N) is 1. The predicted molar refractivity (Wildman–Crippen MR) is 96.4 cm³/mol. The van der Waals surface area contributed by atoms with E-state index in [0.29, 0.717) is 36.2 Å². The van der Waals surface area contributed by atoms with E-state index >= 15 is 0 Å². The molecule has 0 radical (unpaired) electrons. The molecule has 0 spiro atoms. The second-order valence-corrected chi connectivity index (χ2v) is 6.51. The molecule has 2 heterocycles. The number of aromatic nitrogens is 3. The molecule has 0 saturated heterocycles. The van der Waals surface area contributed by atoms with E-state index in [2.05, 4.69) is 15.2 Å². The van der Waals surface area contributed by atoms with Crippen molar-refractivity contribution in [3.05, 3.63) is 40.9 Å². The van der Waals surface area contributed by atoms with Crippen molar-refractivity contribution < 1.29 is 19.7 Å². The fourth-order valence-corrected chi connectivity index (χ4v) is 3.25. The number of ether oxygens (including phenoxy) is 1. The van der Waals surface area contributed by atoms with E-state index in [1.54, 1.807) is 19.1 Å². The third-order valence-electron chi connectivity index (χ3n) is 4.86. The number of esters is 1. The third kappa shape index (κ3) is 2.67. The van der Waals surface area contributed by atoms with Crippen molar-refractivity contribution in [2.45, 2.75) is 25.2 Å². The van der Waals surface area contributed by atoms with Crippen molar-refractivity contribution in [3.63, 3.8) is 0 Å². The number of nitrogen functional groups attached to an aromatic ring is 1. The molecule has 2 aromatic heterocycles. The number of hydrogen-bond acceptors (Lipinski definition) is 6. The maximum Gasteiger partial charge on any atom is 0.318 e. The first-order valence-corrected chi connectivity index (χ1v) is 8.55. The minimum absolute atomic E-state index is 0.106. The summed E-state index contributed by atoms with van der Waals surface area (Å²) in [5.74, 6) is 0.00429. The standard InChI is InChI=1S/C18H18N5O4/c1-2-27-17(24)18(7-8-18)13-9-12(14-15(19)21-22-16(14)20-13)10-3-5-11(6-4-10)23(25)26/h3-6,9H,2,7-8H2,1H3,(H,25,26)(H3,19,20,21,22)/q+1. The summed E-state index contributed by atoms with van der Waals surface area (Å²) in [5, 5.41) is 16.5. The molecule has 27 heavy (non-hydrogen) atoms. The number of aromatic amines is 1. The zero-order valence-corrected chi connectivity index (χ0v) is 14.6. The number of H-pyrrole nitrogens is 1. The van der Waals surface area contributed by atoms with Gasteiger partial charge in [0.05, 0.1) is 22.6 Å². The average molecular weight is 368 g/mol. The number of carbonyl (C=O) groups is 1. The molecule has 1 saturated carbocycles. The number of carbonyl (C=O) groups excluding carboxylic acids is 1. The zero-order valence-electron chi connectivity index (χ0n) is 14.6. The van der Waals surface area contributed by atoms with Crippen LogP contribution in [0.15, 0.2) is 30.3 Å². The molecule has 9 nitrogen and oxygen atoms in total. The molecule has 138 valence electrons. The highest BCUT2D eigenvalue weighted by atomic mass is 16.6. The fourth-order valence-electron chi connectivity index (χ4n) is 3.25. The molecular weight excluding hydrogens is 350 g/mol. The van der Waals surface area contributed by atoms with Gasteiger partial charge in [-0.15, -0.1) is 0 Å². The quantitative estimate of drug-likeness (QED) is 0.465. The van der Waals surface area contributed by atoms with E-state index in [-0.39, 0.29) is 22.4 Å². The van der Waals surface area contributed by atoms with Gasteiger partial charge in [-0.3, -0.25) is 9.89 Å². The molecule has 1 fully saturated rings. The summed E-state index contributed by atoms with van der Waals surface area (Å²) in [6, 6.07) is 8.17. The first-order valence-electron chi connectivity index (χ1n) is 8.55. The number of hydrogen-bond donors (Lipinski definition) is 3. The summed E-state index contributed by atoms with van der Waals surface area (Å²) < 4.78 is 5.23. The van der Waals surface area contributed by atoms with Crippen molar-refractivity contribution in [2.75, 3.05) is 12.3 Å². The smallest absolute Gasteiger partial charge is 0.318 e. The topological polar surface area (TPSA) is 134 Å². The molecule has 1 aliphatic carbocycles. The predicted octanol–water partition coefficient (Wildman–Crippen LogP) is 2.60. The highest BCUT2D eigenvalue weighted by Crippen LogP contribution is 2.50. The van der Waals surface area contributed by atoms with Crippen LogP contribution in [0.2, 0.25) is 0 Å². The normalized spacial score (nSPS) is 14.9. The van der Waals surface area contributed by atoms with Gasteiger partial charge in [0, 0.05) is 12.1 Å². The summed E-state index contributed by atoms with van der Waals surface area (Å²) in [7, 11) is 0. The van der Waals surface area contributed by atoms with Gasteiger partial charge in [-0.1, -0.05) is 0 Å². The Morgan fingerprint density at radius 1 is 1.37 bits per heavy atom. The SMILES string of the molecule is CCOC(=O)C1(c2cc(-c3ccc([N+](=O)O)cc3)c3c(N)n[nH]c3n2)CC1. The number of pyridine rings is 1. The van der Waals surface area contributed by atoms with E-state index in [4.69, 9.17) is 15.7 Å². The van der Waals surface area contributed by atoms with Crippen LogP contribution < -0.4 is 5.73 Å². The molecule has 0 amide bonds. The first-order chi connectivity index (χ1) is 13.0. The van der Waals surface area contributed by atoms with Crippen LogP contribution in [0.4, 0.5) is 11.5 Å². The Balaban J connectivity index is 1.88. The van der Waals surface area contributed by atoms with Crippen molar-refractivity contribution in [1.82, 2.24) is 15.2 Å². The second kappa shape index (κ2) is 6.04. The maximum absolute atomic E-state index is 12.5. The Kier molecular flexibility index (Phi) is 3.79. The number of benzene rings is 1. The lowest BCUT2D eigenvalue weighted by Gasteiger charge is -2.15. The zero-order chi connectivity index (χ0) is 19.2. The number of nitrogens with zero attached hydrogens (tertiary/aromatic N) is 3.